The lowest BCUT2D eigenvalue weighted by molar-refractivity contribution is 0.0600. The van der Waals surface area contributed by atoms with Crippen molar-refractivity contribution < 1.29 is 18.7 Å². The fourth-order valence-electron chi connectivity index (χ4n) is 1.85. The second-order valence-corrected chi connectivity index (χ2v) is 4.31. The molecular formula is C14H13FN2O3. The predicted molar refractivity (Wildman–Crippen MR) is 69.2 cm³/mol. The summed E-state index contributed by atoms with van der Waals surface area (Å²) in [6.45, 7) is 1.87. The highest BCUT2D eigenvalue weighted by Gasteiger charge is 2.11. The summed E-state index contributed by atoms with van der Waals surface area (Å²) in [5.74, 6) is -0.977. The highest BCUT2D eigenvalue weighted by molar-refractivity contribution is 5.89. The third kappa shape index (κ3) is 2.74. The molecule has 1 aromatic heterocycles. The molecule has 0 atom stereocenters. The monoisotopic (exact) mass is 276 g/mol. The van der Waals surface area contributed by atoms with Gasteiger partial charge in [-0.25, -0.2) is 9.18 Å². The molecule has 0 bridgehead atoms. The molecule has 0 saturated carbocycles. The number of ether oxygens (including phenoxy) is 1. The van der Waals surface area contributed by atoms with Gasteiger partial charge in [0.2, 0.25) is 0 Å². The van der Waals surface area contributed by atoms with Crippen LogP contribution in [0.25, 0.3) is 0 Å². The van der Waals surface area contributed by atoms with Gasteiger partial charge in [-0.05, 0) is 30.7 Å². The standard InChI is InChI=1S/C14H13FN2O3/c1-9-6-17(16-13(9)8-18)7-11-5-10(14(19)20-2)3-4-12(11)15/h3-6,8H,7H2,1-2H3. The van der Waals surface area contributed by atoms with E-state index in [1.165, 1.54) is 30.0 Å². The maximum Gasteiger partial charge on any atom is 0.337 e. The summed E-state index contributed by atoms with van der Waals surface area (Å²) < 4.78 is 19.8. The van der Waals surface area contributed by atoms with Gasteiger partial charge >= 0.3 is 5.97 Å². The summed E-state index contributed by atoms with van der Waals surface area (Å²) in [5, 5.41) is 4.03. The molecule has 2 rings (SSSR count). The fourth-order valence-corrected chi connectivity index (χ4v) is 1.85. The first-order chi connectivity index (χ1) is 9.55. The molecule has 1 aromatic carbocycles. The molecule has 0 fully saturated rings. The van der Waals surface area contributed by atoms with Crippen LogP contribution < -0.4 is 0 Å². The van der Waals surface area contributed by atoms with E-state index >= 15 is 0 Å². The number of methoxy groups -OCH3 is 1. The lowest BCUT2D eigenvalue weighted by Crippen LogP contribution is -2.07. The van der Waals surface area contributed by atoms with Crippen molar-refractivity contribution >= 4 is 12.3 Å². The first-order valence-corrected chi connectivity index (χ1v) is 5.91. The molecule has 0 unspecified atom stereocenters. The van der Waals surface area contributed by atoms with Gasteiger partial charge in [0.25, 0.3) is 0 Å². The van der Waals surface area contributed by atoms with Crippen LogP contribution in [0.1, 0.15) is 32.0 Å². The molecule has 0 saturated heterocycles. The molecule has 0 aliphatic carbocycles. The lowest BCUT2D eigenvalue weighted by Gasteiger charge is -2.06. The van der Waals surface area contributed by atoms with Gasteiger partial charge in [0, 0.05) is 11.8 Å². The van der Waals surface area contributed by atoms with E-state index in [1.807, 2.05) is 0 Å². The maximum atomic E-state index is 13.7. The van der Waals surface area contributed by atoms with Gasteiger partial charge in [-0.3, -0.25) is 9.48 Å². The summed E-state index contributed by atoms with van der Waals surface area (Å²) >= 11 is 0. The Bertz CT molecular complexity index is 664. The largest absolute Gasteiger partial charge is 0.465 e. The number of rotatable bonds is 4. The highest BCUT2D eigenvalue weighted by Crippen LogP contribution is 2.14. The van der Waals surface area contributed by atoms with Crippen LogP contribution in [0, 0.1) is 12.7 Å². The van der Waals surface area contributed by atoms with Crippen molar-refractivity contribution in [3.05, 3.63) is 52.6 Å². The number of esters is 1. The molecule has 6 heteroatoms. The van der Waals surface area contributed by atoms with Crippen molar-refractivity contribution in [1.29, 1.82) is 0 Å². The number of aryl methyl sites for hydroxylation is 1. The van der Waals surface area contributed by atoms with Crippen LogP contribution >= 0.6 is 0 Å². The first-order valence-electron chi connectivity index (χ1n) is 5.91. The van der Waals surface area contributed by atoms with Crippen LogP contribution in [0.2, 0.25) is 0 Å². The zero-order chi connectivity index (χ0) is 14.7. The summed E-state index contributed by atoms with van der Waals surface area (Å²) in [4.78, 5) is 22.2. The molecule has 0 radical (unpaired) electrons. The van der Waals surface area contributed by atoms with Crippen LogP contribution in [0.3, 0.4) is 0 Å². The molecule has 0 N–H and O–H groups in total. The minimum atomic E-state index is -0.531. The molecular weight excluding hydrogens is 263 g/mol. The normalized spacial score (nSPS) is 10.3. The number of nitrogens with zero attached hydrogens (tertiary/aromatic N) is 2. The number of hydrogen-bond acceptors (Lipinski definition) is 4. The average molecular weight is 276 g/mol. The van der Waals surface area contributed by atoms with Gasteiger partial charge in [-0.1, -0.05) is 0 Å². The Balaban J connectivity index is 2.32. The van der Waals surface area contributed by atoms with Gasteiger partial charge in [0.15, 0.2) is 6.29 Å². The number of carbonyl (C=O) groups excluding carboxylic acids is 2. The van der Waals surface area contributed by atoms with E-state index in [9.17, 15) is 14.0 Å². The number of aromatic nitrogens is 2. The van der Waals surface area contributed by atoms with E-state index in [1.54, 1.807) is 13.1 Å². The average Bonchev–Trinajstić information content (AvgIpc) is 2.80. The van der Waals surface area contributed by atoms with Crippen LogP contribution in [0.5, 0.6) is 0 Å². The maximum absolute atomic E-state index is 13.7. The molecule has 0 aliphatic rings. The Morgan fingerprint density at radius 3 is 2.85 bits per heavy atom. The van der Waals surface area contributed by atoms with E-state index in [-0.39, 0.29) is 12.1 Å². The quantitative estimate of drug-likeness (QED) is 0.633. The van der Waals surface area contributed by atoms with Gasteiger partial charge in [0.05, 0.1) is 19.2 Å². The molecule has 0 aliphatic heterocycles. The Hall–Kier alpha value is -2.50. The summed E-state index contributed by atoms with van der Waals surface area (Å²) in [5.41, 5.74) is 1.59. The van der Waals surface area contributed by atoms with Crippen molar-refractivity contribution in [2.45, 2.75) is 13.5 Å². The van der Waals surface area contributed by atoms with Crippen molar-refractivity contribution in [3.63, 3.8) is 0 Å². The summed E-state index contributed by atoms with van der Waals surface area (Å²) in [6.07, 6.45) is 2.29. The van der Waals surface area contributed by atoms with Crippen molar-refractivity contribution in [3.8, 4) is 0 Å². The lowest BCUT2D eigenvalue weighted by atomic mass is 10.1. The Morgan fingerprint density at radius 2 is 2.25 bits per heavy atom. The first kappa shape index (κ1) is 13.9. The van der Waals surface area contributed by atoms with Crippen LogP contribution in [-0.4, -0.2) is 29.1 Å². The molecule has 5 nitrogen and oxygen atoms in total. The van der Waals surface area contributed by atoms with Gasteiger partial charge in [0.1, 0.15) is 11.5 Å². The van der Waals surface area contributed by atoms with Crippen molar-refractivity contribution in [2.75, 3.05) is 7.11 Å². The van der Waals surface area contributed by atoms with Crippen molar-refractivity contribution in [2.24, 2.45) is 0 Å². The predicted octanol–water partition coefficient (Wildman–Crippen LogP) is 1.98. The minimum absolute atomic E-state index is 0.130. The second-order valence-electron chi connectivity index (χ2n) is 4.31. The van der Waals surface area contributed by atoms with Crippen molar-refractivity contribution in [1.82, 2.24) is 9.78 Å². The topological polar surface area (TPSA) is 61.2 Å². The van der Waals surface area contributed by atoms with Gasteiger partial charge in [-0.15, -0.1) is 0 Å². The number of halogens is 1. The zero-order valence-corrected chi connectivity index (χ0v) is 11.1. The second kappa shape index (κ2) is 5.64. The molecule has 0 amide bonds. The minimum Gasteiger partial charge on any atom is -0.465 e. The Morgan fingerprint density at radius 1 is 1.50 bits per heavy atom. The summed E-state index contributed by atoms with van der Waals surface area (Å²) in [6, 6.07) is 3.98. The Labute approximate surface area is 115 Å². The van der Waals surface area contributed by atoms with Crippen LogP contribution in [-0.2, 0) is 11.3 Å². The number of aldehydes is 1. The number of benzene rings is 1. The highest BCUT2D eigenvalue weighted by atomic mass is 19.1. The third-order valence-corrected chi connectivity index (χ3v) is 2.89. The van der Waals surface area contributed by atoms with E-state index < -0.39 is 11.8 Å². The summed E-state index contributed by atoms with van der Waals surface area (Å²) in [7, 11) is 1.26. The van der Waals surface area contributed by atoms with E-state index in [0.717, 1.165) is 0 Å². The van der Waals surface area contributed by atoms with E-state index in [2.05, 4.69) is 9.84 Å². The van der Waals surface area contributed by atoms with Gasteiger partial charge in [-0.2, -0.15) is 5.10 Å². The van der Waals surface area contributed by atoms with Crippen LogP contribution in [0.15, 0.2) is 24.4 Å². The van der Waals surface area contributed by atoms with E-state index in [0.29, 0.717) is 23.1 Å². The fraction of sp³-hybridized carbons (Fsp3) is 0.214. The Kier molecular flexibility index (Phi) is 3.93. The molecule has 104 valence electrons. The molecule has 1 heterocycles. The molecule has 2 aromatic rings. The molecule has 20 heavy (non-hydrogen) atoms. The molecule has 0 spiro atoms. The number of carbonyl (C=O) groups is 2. The zero-order valence-electron chi connectivity index (χ0n) is 11.1. The SMILES string of the molecule is COC(=O)c1ccc(F)c(Cn2cc(C)c(C=O)n2)c1. The smallest absolute Gasteiger partial charge is 0.337 e. The number of hydrogen-bond donors (Lipinski definition) is 0. The van der Waals surface area contributed by atoms with Gasteiger partial charge < -0.3 is 4.74 Å². The third-order valence-electron chi connectivity index (χ3n) is 2.89. The van der Waals surface area contributed by atoms with Crippen LogP contribution in [0.4, 0.5) is 4.39 Å². The van der Waals surface area contributed by atoms with E-state index in [4.69, 9.17) is 0 Å².